The number of hydrogen-bond donors (Lipinski definition) is 0. The maximum absolute atomic E-state index is 14.4. The topological polar surface area (TPSA) is 38.3 Å². The third-order valence-electron chi connectivity index (χ3n) is 3.37. The van der Waals surface area contributed by atoms with Crippen LogP contribution in [0.25, 0.3) is 0 Å². The van der Waals surface area contributed by atoms with Gasteiger partial charge in [-0.15, -0.1) is 5.92 Å². The van der Waals surface area contributed by atoms with E-state index in [2.05, 4.69) is 35.7 Å². The van der Waals surface area contributed by atoms with Gasteiger partial charge in [0.2, 0.25) is 5.82 Å². The summed E-state index contributed by atoms with van der Waals surface area (Å²) in [7, 11) is 0. The SMILES string of the molecule is CC#CCOc1ncnc(N2CC(C)CC(C)C2)c1F. The van der Waals surface area contributed by atoms with Crippen molar-refractivity contribution in [3.8, 4) is 17.7 Å². The molecule has 1 aromatic heterocycles. The first-order valence-corrected chi connectivity index (χ1v) is 6.89. The highest BCUT2D eigenvalue weighted by Gasteiger charge is 2.26. The fourth-order valence-electron chi connectivity index (χ4n) is 2.68. The molecule has 0 amide bonds. The highest BCUT2D eigenvalue weighted by atomic mass is 19.1. The molecule has 2 unspecified atom stereocenters. The molecule has 2 heterocycles. The molecule has 4 nitrogen and oxygen atoms in total. The van der Waals surface area contributed by atoms with Crippen LogP contribution >= 0.6 is 0 Å². The molecule has 0 spiro atoms. The van der Waals surface area contributed by atoms with Crippen molar-refractivity contribution in [1.82, 2.24) is 9.97 Å². The third-order valence-corrected chi connectivity index (χ3v) is 3.37. The van der Waals surface area contributed by atoms with Gasteiger partial charge in [-0.3, -0.25) is 0 Å². The van der Waals surface area contributed by atoms with Crippen LogP contribution in [0.2, 0.25) is 0 Å². The van der Waals surface area contributed by atoms with Gasteiger partial charge < -0.3 is 9.64 Å². The van der Waals surface area contributed by atoms with Crippen molar-refractivity contribution in [3.05, 3.63) is 12.1 Å². The van der Waals surface area contributed by atoms with Gasteiger partial charge in [0.15, 0.2) is 12.4 Å². The van der Waals surface area contributed by atoms with E-state index in [1.54, 1.807) is 6.92 Å². The second kappa shape index (κ2) is 6.56. The maximum atomic E-state index is 14.4. The van der Waals surface area contributed by atoms with Crippen molar-refractivity contribution in [1.29, 1.82) is 0 Å². The summed E-state index contributed by atoms with van der Waals surface area (Å²) in [5.41, 5.74) is 0. The third kappa shape index (κ3) is 3.38. The zero-order valence-electron chi connectivity index (χ0n) is 12.2. The Bertz CT molecular complexity index is 514. The zero-order chi connectivity index (χ0) is 14.5. The molecule has 1 fully saturated rings. The molecule has 1 aliphatic heterocycles. The molecule has 2 rings (SSSR count). The van der Waals surface area contributed by atoms with Crippen LogP contribution in [0.4, 0.5) is 10.2 Å². The molecule has 0 bridgehead atoms. The summed E-state index contributed by atoms with van der Waals surface area (Å²) in [6, 6.07) is 0. The Morgan fingerprint density at radius 2 is 2.05 bits per heavy atom. The molecular weight excluding hydrogens is 257 g/mol. The van der Waals surface area contributed by atoms with E-state index in [0.717, 1.165) is 13.1 Å². The normalized spacial score (nSPS) is 22.1. The molecule has 0 N–H and O–H groups in total. The fourth-order valence-corrected chi connectivity index (χ4v) is 2.68. The second-order valence-corrected chi connectivity index (χ2v) is 5.38. The van der Waals surface area contributed by atoms with Gasteiger partial charge in [-0.1, -0.05) is 19.8 Å². The Balaban J connectivity index is 2.18. The first-order chi connectivity index (χ1) is 9.61. The summed E-state index contributed by atoms with van der Waals surface area (Å²) in [6.07, 6.45) is 2.51. The molecule has 1 aromatic rings. The minimum atomic E-state index is -0.494. The van der Waals surface area contributed by atoms with Crippen molar-refractivity contribution >= 4 is 5.82 Å². The monoisotopic (exact) mass is 277 g/mol. The zero-order valence-corrected chi connectivity index (χ0v) is 12.2. The number of aromatic nitrogens is 2. The standard InChI is InChI=1S/C15H20FN3O/c1-4-5-6-20-15-13(16)14(17-10-18-15)19-8-11(2)7-12(3)9-19/h10-12H,6-9H2,1-3H3. The number of anilines is 1. The highest BCUT2D eigenvalue weighted by molar-refractivity contribution is 5.43. The number of nitrogens with zero attached hydrogens (tertiary/aromatic N) is 3. The fraction of sp³-hybridized carbons (Fsp3) is 0.600. The van der Waals surface area contributed by atoms with Crippen molar-refractivity contribution in [2.24, 2.45) is 11.8 Å². The lowest BCUT2D eigenvalue weighted by Gasteiger charge is -2.35. The first kappa shape index (κ1) is 14.6. The number of piperidine rings is 1. The molecule has 0 radical (unpaired) electrons. The van der Waals surface area contributed by atoms with E-state index in [9.17, 15) is 4.39 Å². The Morgan fingerprint density at radius 1 is 1.35 bits per heavy atom. The maximum Gasteiger partial charge on any atom is 0.256 e. The van der Waals surface area contributed by atoms with E-state index in [0.29, 0.717) is 17.7 Å². The van der Waals surface area contributed by atoms with Gasteiger partial charge in [0.05, 0.1) is 0 Å². The molecule has 0 aliphatic carbocycles. The van der Waals surface area contributed by atoms with Crippen LogP contribution in [-0.4, -0.2) is 29.7 Å². The molecule has 20 heavy (non-hydrogen) atoms. The van der Waals surface area contributed by atoms with E-state index in [1.807, 2.05) is 4.90 Å². The van der Waals surface area contributed by atoms with E-state index in [1.165, 1.54) is 12.7 Å². The van der Waals surface area contributed by atoms with Crippen LogP contribution in [0, 0.1) is 29.5 Å². The van der Waals surface area contributed by atoms with Gasteiger partial charge in [-0.2, -0.15) is 9.37 Å². The summed E-state index contributed by atoms with van der Waals surface area (Å²) in [6.45, 7) is 7.82. The van der Waals surface area contributed by atoms with E-state index in [-0.39, 0.29) is 12.5 Å². The number of hydrogen-bond acceptors (Lipinski definition) is 4. The molecule has 5 heteroatoms. The van der Waals surface area contributed by atoms with Crippen molar-refractivity contribution < 1.29 is 9.13 Å². The predicted octanol–water partition coefficient (Wildman–Crippen LogP) is 2.50. The average Bonchev–Trinajstić information content (AvgIpc) is 2.40. The minimum absolute atomic E-state index is 0.0244. The lowest BCUT2D eigenvalue weighted by atomic mass is 9.92. The Morgan fingerprint density at radius 3 is 2.70 bits per heavy atom. The smallest absolute Gasteiger partial charge is 0.256 e. The van der Waals surface area contributed by atoms with E-state index >= 15 is 0 Å². The van der Waals surface area contributed by atoms with Crippen molar-refractivity contribution in [3.63, 3.8) is 0 Å². The average molecular weight is 277 g/mol. The van der Waals surface area contributed by atoms with Gasteiger partial charge in [0.1, 0.15) is 6.33 Å². The summed E-state index contributed by atoms with van der Waals surface area (Å²) >= 11 is 0. The number of halogens is 1. The quantitative estimate of drug-likeness (QED) is 0.796. The van der Waals surface area contributed by atoms with Crippen LogP contribution in [0.1, 0.15) is 27.2 Å². The van der Waals surface area contributed by atoms with Gasteiger partial charge in [-0.05, 0) is 25.2 Å². The van der Waals surface area contributed by atoms with Crippen molar-refractivity contribution in [2.45, 2.75) is 27.2 Å². The summed E-state index contributed by atoms with van der Waals surface area (Å²) in [5, 5.41) is 0. The van der Waals surface area contributed by atoms with Crippen LogP contribution in [0.5, 0.6) is 5.88 Å². The lowest BCUT2D eigenvalue weighted by molar-refractivity contribution is 0.325. The first-order valence-electron chi connectivity index (χ1n) is 6.89. The molecule has 1 saturated heterocycles. The van der Waals surface area contributed by atoms with Crippen molar-refractivity contribution in [2.75, 3.05) is 24.6 Å². The summed E-state index contributed by atoms with van der Waals surface area (Å²) in [4.78, 5) is 9.90. The summed E-state index contributed by atoms with van der Waals surface area (Å²) < 4.78 is 19.6. The van der Waals surface area contributed by atoms with Gasteiger partial charge in [0, 0.05) is 13.1 Å². The van der Waals surface area contributed by atoms with Crippen LogP contribution in [0.15, 0.2) is 6.33 Å². The summed E-state index contributed by atoms with van der Waals surface area (Å²) in [5.74, 6) is 6.29. The molecule has 1 aliphatic rings. The Labute approximate surface area is 119 Å². The van der Waals surface area contributed by atoms with Crippen LogP contribution < -0.4 is 9.64 Å². The Kier molecular flexibility index (Phi) is 4.78. The minimum Gasteiger partial charge on any atom is -0.462 e. The number of rotatable bonds is 3. The van der Waals surface area contributed by atoms with Crippen LogP contribution in [-0.2, 0) is 0 Å². The van der Waals surface area contributed by atoms with Gasteiger partial charge in [-0.25, -0.2) is 4.98 Å². The van der Waals surface area contributed by atoms with E-state index < -0.39 is 5.82 Å². The molecular formula is C15H20FN3O. The molecule has 0 aromatic carbocycles. The van der Waals surface area contributed by atoms with Gasteiger partial charge >= 0.3 is 0 Å². The Hall–Kier alpha value is -1.83. The van der Waals surface area contributed by atoms with Gasteiger partial charge in [0.25, 0.3) is 5.88 Å². The molecule has 2 atom stereocenters. The number of ether oxygens (including phenoxy) is 1. The molecule has 108 valence electrons. The highest BCUT2D eigenvalue weighted by Crippen LogP contribution is 2.29. The van der Waals surface area contributed by atoms with Crippen LogP contribution in [0.3, 0.4) is 0 Å². The molecule has 0 saturated carbocycles. The predicted molar refractivity (Wildman–Crippen MR) is 76.1 cm³/mol. The largest absolute Gasteiger partial charge is 0.462 e. The second-order valence-electron chi connectivity index (χ2n) is 5.38. The van der Waals surface area contributed by atoms with E-state index in [4.69, 9.17) is 4.74 Å². The lowest BCUT2D eigenvalue weighted by Crippen LogP contribution is -2.39.